The Bertz CT molecular complexity index is 973. The molecule has 3 amide bonds. The number of carbonyl (C=O) groups is 5. The van der Waals surface area contributed by atoms with Crippen LogP contribution in [-0.4, -0.2) is 71.2 Å². The molecule has 11 nitrogen and oxygen atoms in total. The van der Waals surface area contributed by atoms with E-state index < -0.39 is 41.1 Å². The molecular formula is C20H23N3NaO8S+. The Balaban J connectivity index is 0.000000467. The summed E-state index contributed by atoms with van der Waals surface area (Å²) in [5, 5.41) is 7.68. The van der Waals surface area contributed by atoms with Crippen LogP contribution < -0.4 is 40.2 Å². The molecule has 2 N–H and O–H groups in total. The van der Waals surface area contributed by atoms with Gasteiger partial charge in [0.15, 0.2) is 0 Å². The molecule has 0 aromatic rings. The molecule has 2 heterocycles. The van der Waals surface area contributed by atoms with Gasteiger partial charge in [0.1, 0.15) is 12.6 Å². The number of nitrogens with zero attached hydrogens (tertiary/aromatic N) is 1. The standard InChI is InChI=1S/C14H19N3O8S.C6H4.Na/c1-7(18)15-3-4-26-10-5-11(20)24-12(10)14(22)25-17-13(21)9(6-23-17)16-8(2)19;1-2-6-4-3-5(1)6;/h9-10,12H,3-6H2,1-2H3,(H,15,18)(H,16,19);1-4H;/q;;+1. The molecule has 13 heteroatoms. The van der Waals surface area contributed by atoms with E-state index in [0.29, 0.717) is 17.5 Å². The number of thioether (sulfide) groups is 1. The van der Waals surface area contributed by atoms with Crippen molar-refractivity contribution in [2.75, 3.05) is 18.9 Å². The Kier molecular flexibility index (Phi) is 10.2. The molecule has 2 fully saturated rings. The Hall–Kier alpha value is -2.12. The van der Waals surface area contributed by atoms with E-state index in [9.17, 15) is 24.0 Å². The largest absolute Gasteiger partial charge is 1.00 e. The normalized spacial score (nSPS) is 21.8. The molecule has 2 saturated heterocycles. The van der Waals surface area contributed by atoms with Crippen molar-refractivity contribution in [3.05, 3.63) is 34.7 Å². The number of hydrogen-bond donors (Lipinski definition) is 2. The molecule has 172 valence electrons. The zero-order chi connectivity index (χ0) is 23.3. The average molecular weight is 488 g/mol. The van der Waals surface area contributed by atoms with E-state index in [1.165, 1.54) is 36.0 Å². The third-order valence-electron chi connectivity index (χ3n) is 4.61. The number of cyclic esters (lactones) is 1. The van der Waals surface area contributed by atoms with Crippen molar-refractivity contribution in [1.29, 1.82) is 0 Å². The fourth-order valence-corrected chi connectivity index (χ4v) is 4.06. The van der Waals surface area contributed by atoms with Gasteiger partial charge in [-0.05, 0) is 15.7 Å². The number of carbonyl (C=O) groups excluding carboxylic acids is 5. The molecule has 0 spiro atoms. The fourth-order valence-electron chi connectivity index (χ4n) is 2.94. The fraction of sp³-hybridized carbons (Fsp3) is 0.450. The van der Waals surface area contributed by atoms with Gasteiger partial charge in [0.2, 0.25) is 17.9 Å². The van der Waals surface area contributed by atoms with Crippen molar-refractivity contribution < 1.29 is 67.9 Å². The van der Waals surface area contributed by atoms with Crippen molar-refractivity contribution in [1.82, 2.24) is 15.9 Å². The smallest absolute Gasteiger partial charge is 0.449 e. The molecule has 3 unspecified atom stereocenters. The topological polar surface area (TPSA) is 140 Å². The van der Waals surface area contributed by atoms with Crippen LogP contribution in [0, 0.1) is 10.4 Å². The Labute approximate surface area is 215 Å². The number of amides is 3. The molecule has 4 aliphatic rings. The maximum absolute atomic E-state index is 12.2. The summed E-state index contributed by atoms with van der Waals surface area (Å²) in [6.45, 7) is 2.82. The van der Waals surface area contributed by atoms with E-state index in [1.807, 2.05) is 0 Å². The molecule has 0 radical (unpaired) electrons. The predicted octanol–water partition coefficient (Wildman–Crippen LogP) is -3.43. The first kappa shape index (κ1) is 27.1. The van der Waals surface area contributed by atoms with E-state index in [0.717, 1.165) is 0 Å². The van der Waals surface area contributed by atoms with E-state index in [2.05, 4.69) is 34.9 Å². The van der Waals surface area contributed by atoms with Gasteiger partial charge < -0.3 is 20.2 Å². The molecule has 33 heavy (non-hydrogen) atoms. The van der Waals surface area contributed by atoms with Crippen LogP contribution >= 0.6 is 11.8 Å². The Morgan fingerprint density at radius 3 is 2.27 bits per heavy atom. The number of ether oxygens (including phenoxy) is 1. The van der Waals surface area contributed by atoms with Gasteiger partial charge in [-0.25, -0.2) is 9.63 Å². The minimum Gasteiger partial charge on any atom is -0.449 e. The molecule has 3 atom stereocenters. The van der Waals surface area contributed by atoms with Crippen molar-refractivity contribution in [3.8, 4) is 0 Å². The Morgan fingerprint density at radius 1 is 1.12 bits per heavy atom. The number of rotatable bonds is 7. The quantitative estimate of drug-likeness (QED) is 0.232. The number of hydroxylamine groups is 2. The maximum atomic E-state index is 12.2. The molecule has 2 aliphatic carbocycles. The first-order chi connectivity index (χ1) is 15.2. The van der Waals surface area contributed by atoms with Crippen LogP contribution in [0.3, 0.4) is 0 Å². The maximum Gasteiger partial charge on any atom is 1.00 e. The molecule has 4 rings (SSSR count). The van der Waals surface area contributed by atoms with E-state index in [-0.39, 0.29) is 48.5 Å². The van der Waals surface area contributed by atoms with Gasteiger partial charge in [-0.15, -0.1) is 0 Å². The van der Waals surface area contributed by atoms with Gasteiger partial charge in [0, 0.05) is 26.1 Å². The number of esters is 1. The van der Waals surface area contributed by atoms with Crippen LogP contribution in [0.1, 0.15) is 20.3 Å². The number of nitrogens with one attached hydrogen (secondary N) is 2. The van der Waals surface area contributed by atoms with Crippen LogP contribution in [0.25, 0.3) is 0 Å². The van der Waals surface area contributed by atoms with Gasteiger partial charge in [-0.2, -0.15) is 11.8 Å². The van der Waals surface area contributed by atoms with Crippen LogP contribution in [0.4, 0.5) is 0 Å². The second-order valence-corrected chi connectivity index (χ2v) is 8.49. The van der Waals surface area contributed by atoms with E-state index in [1.54, 1.807) is 0 Å². The summed E-state index contributed by atoms with van der Waals surface area (Å²) in [6.07, 6.45) is -1.19. The molecule has 0 bridgehead atoms. The van der Waals surface area contributed by atoms with Crippen LogP contribution in [-0.2, 0) is 38.4 Å². The summed E-state index contributed by atoms with van der Waals surface area (Å²) in [4.78, 5) is 67.3. The molecule has 0 aromatic heterocycles. The third kappa shape index (κ3) is 7.44. The predicted molar refractivity (Wildman–Crippen MR) is 110 cm³/mol. The first-order valence-corrected chi connectivity index (χ1v) is 10.9. The van der Waals surface area contributed by atoms with Gasteiger partial charge in [0.05, 0.1) is 11.7 Å². The van der Waals surface area contributed by atoms with E-state index in [4.69, 9.17) is 14.4 Å². The first-order valence-electron chi connectivity index (χ1n) is 9.86. The monoisotopic (exact) mass is 488 g/mol. The number of hydrogen-bond acceptors (Lipinski definition) is 9. The van der Waals surface area contributed by atoms with Crippen molar-refractivity contribution in [2.24, 2.45) is 0 Å². The summed E-state index contributed by atoms with van der Waals surface area (Å²) in [6, 6.07) is 7.53. The second-order valence-electron chi connectivity index (χ2n) is 7.14. The third-order valence-corrected chi connectivity index (χ3v) is 5.89. The second kappa shape index (κ2) is 12.4. The molecule has 0 aromatic carbocycles. The molecular weight excluding hydrogens is 465 g/mol. The zero-order valence-corrected chi connectivity index (χ0v) is 21.3. The average Bonchev–Trinajstić information content (AvgIpc) is 3.25. The van der Waals surface area contributed by atoms with Crippen LogP contribution in [0.5, 0.6) is 0 Å². The molecule has 0 saturated carbocycles. The van der Waals surface area contributed by atoms with Gasteiger partial charge in [0.25, 0.3) is 0 Å². The van der Waals surface area contributed by atoms with E-state index >= 15 is 0 Å². The van der Waals surface area contributed by atoms with Gasteiger partial charge in [-0.3, -0.25) is 19.2 Å². The summed E-state index contributed by atoms with van der Waals surface area (Å²) in [5.74, 6) is -2.40. The zero-order valence-electron chi connectivity index (χ0n) is 18.5. The van der Waals surface area contributed by atoms with Crippen molar-refractivity contribution in [3.63, 3.8) is 0 Å². The summed E-state index contributed by atoms with van der Waals surface area (Å²) in [5.41, 5.74) is 0. The van der Waals surface area contributed by atoms with Gasteiger partial charge in [-0.1, -0.05) is 24.3 Å². The SMILES string of the molecule is CC(=O)NCCSC1CC(=O)OC1C(=O)ON1OCC(NC(C)=O)C1=O.[Na+].c1cc2ccc1=2. The minimum atomic E-state index is -1.19. The van der Waals surface area contributed by atoms with Crippen molar-refractivity contribution >= 4 is 41.4 Å². The van der Waals surface area contributed by atoms with Gasteiger partial charge >= 0.3 is 47.4 Å². The van der Waals surface area contributed by atoms with Crippen LogP contribution in [0.2, 0.25) is 0 Å². The minimum absolute atomic E-state index is 0. The number of benzene rings is 1. The van der Waals surface area contributed by atoms with Crippen molar-refractivity contribution in [2.45, 2.75) is 37.7 Å². The Morgan fingerprint density at radius 2 is 1.76 bits per heavy atom. The summed E-state index contributed by atoms with van der Waals surface area (Å²) >= 11 is 1.27. The summed E-state index contributed by atoms with van der Waals surface area (Å²) < 4.78 is 4.97. The molecule has 2 aliphatic heterocycles. The summed E-state index contributed by atoms with van der Waals surface area (Å²) in [7, 11) is 0. The van der Waals surface area contributed by atoms with Crippen LogP contribution in [0.15, 0.2) is 24.3 Å².